The lowest BCUT2D eigenvalue weighted by Crippen LogP contribution is -2.36. The minimum absolute atomic E-state index is 0.205. The average Bonchev–Trinajstić information content (AvgIpc) is 2.46. The second kappa shape index (κ2) is 9.07. The third-order valence-electron chi connectivity index (χ3n) is 2.56. The summed E-state index contributed by atoms with van der Waals surface area (Å²) >= 11 is 5.82. The molecule has 0 saturated carbocycles. The Morgan fingerprint density at radius 1 is 1.29 bits per heavy atom. The summed E-state index contributed by atoms with van der Waals surface area (Å²) in [5.74, 6) is -0.116. The molecule has 0 aromatic heterocycles. The number of esters is 1. The van der Waals surface area contributed by atoms with Gasteiger partial charge in [0.05, 0.1) is 13.7 Å². The van der Waals surface area contributed by atoms with Crippen LogP contribution in [0, 0.1) is 0 Å². The van der Waals surface area contributed by atoms with Crippen LogP contribution < -0.4 is 15.4 Å². The first-order valence-corrected chi connectivity index (χ1v) is 6.98. The Balaban J connectivity index is 2.36. The fraction of sp³-hybridized carbons (Fsp3) is 0.429. The molecule has 2 amide bonds. The predicted octanol–water partition coefficient (Wildman–Crippen LogP) is 2.21. The maximum absolute atomic E-state index is 11.9. The van der Waals surface area contributed by atoms with Crippen LogP contribution in [0.3, 0.4) is 0 Å². The van der Waals surface area contributed by atoms with E-state index in [4.69, 9.17) is 21.1 Å². The van der Waals surface area contributed by atoms with Crippen molar-refractivity contribution in [3.8, 4) is 5.75 Å². The van der Waals surface area contributed by atoms with Gasteiger partial charge in [-0.1, -0.05) is 11.6 Å². The number of benzene rings is 1. The topological polar surface area (TPSA) is 76.7 Å². The van der Waals surface area contributed by atoms with Gasteiger partial charge < -0.3 is 20.1 Å². The first kappa shape index (κ1) is 17.1. The Hall–Kier alpha value is -1.95. The van der Waals surface area contributed by atoms with Crippen LogP contribution in [0.1, 0.15) is 23.7 Å². The Morgan fingerprint density at radius 2 is 2.05 bits per heavy atom. The molecule has 1 rings (SSSR count). The maximum Gasteiger partial charge on any atom is 0.341 e. The summed E-state index contributed by atoms with van der Waals surface area (Å²) in [5.41, 5.74) is 0.318. The molecule has 1 aromatic rings. The fourth-order valence-corrected chi connectivity index (χ4v) is 1.74. The first-order chi connectivity index (χ1) is 10.1. The highest BCUT2D eigenvalue weighted by molar-refractivity contribution is 6.30. The molecule has 0 bridgehead atoms. The van der Waals surface area contributed by atoms with Crippen LogP contribution >= 0.6 is 11.6 Å². The molecule has 6 nitrogen and oxygen atoms in total. The van der Waals surface area contributed by atoms with Crippen molar-refractivity contribution in [2.45, 2.75) is 13.3 Å². The van der Waals surface area contributed by atoms with Gasteiger partial charge in [-0.25, -0.2) is 9.59 Å². The molecule has 0 saturated heterocycles. The molecule has 116 valence electrons. The quantitative estimate of drug-likeness (QED) is 0.597. The van der Waals surface area contributed by atoms with Crippen LogP contribution in [0.25, 0.3) is 0 Å². The van der Waals surface area contributed by atoms with E-state index in [1.54, 1.807) is 18.2 Å². The second-order valence-electron chi connectivity index (χ2n) is 4.12. The Morgan fingerprint density at radius 3 is 2.71 bits per heavy atom. The zero-order valence-electron chi connectivity index (χ0n) is 12.1. The summed E-state index contributed by atoms with van der Waals surface area (Å²) < 4.78 is 10.2. The third-order valence-corrected chi connectivity index (χ3v) is 2.80. The number of carbonyl (C=O) groups excluding carboxylic acids is 2. The van der Waals surface area contributed by atoms with Crippen LogP contribution in [-0.4, -0.2) is 38.8 Å². The van der Waals surface area contributed by atoms with E-state index in [2.05, 4.69) is 10.6 Å². The predicted molar refractivity (Wildman–Crippen MR) is 80.0 cm³/mol. The smallest absolute Gasteiger partial charge is 0.341 e. The lowest BCUT2D eigenvalue weighted by molar-refractivity contribution is 0.0498. The lowest BCUT2D eigenvalue weighted by atomic mass is 10.2. The van der Waals surface area contributed by atoms with Gasteiger partial charge in [-0.15, -0.1) is 0 Å². The number of rotatable bonds is 7. The van der Waals surface area contributed by atoms with E-state index < -0.39 is 5.97 Å². The SMILES string of the molecule is CCNC(=O)NCCCOC(=O)c1ccc(Cl)cc1OC. The molecule has 2 N–H and O–H groups in total. The van der Waals surface area contributed by atoms with E-state index in [9.17, 15) is 9.59 Å². The molecule has 0 atom stereocenters. The van der Waals surface area contributed by atoms with Crippen LogP contribution in [0.2, 0.25) is 5.02 Å². The Labute approximate surface area is 128 Å². The average molecular weight is 315 g/mol. The molecule has 0 aliphatic rings. The highest BCUT2D eigenvalue weighted by Gasteiger charge is 2.13. The van der Waals surface area contributed by atoms with Crippen LogP contribution in [-0.2, 0) is 4.74 Å². The molecular formula is C14H19ClN2O4. The van der Waals surface area contributed by atoms with Crippen LogP contribution in [0.5, 0.6) is 5.75 Å². The third kappa shape index (κ3) is 5.91. The number of urea groups is 1. The van der Waals surface area contributed by atoms with Gasteiger partial charge in [0, 0.05) is 18.1 Å². The highest BCUT2D eigenvalue weighted by Crippen LogP contribution is 2.23. The molecule has 0 unspecified atom stereocenters. The number of amides is 2. The molecule has 0 heterocycles. The molecule has 0 spiro atoms. The van der Waals surface area contributed by atoms with Gasteiger partial charge in [0.25, 0.3) is 0 Å². The molecular weight excluding hydrogens is 296 g/mol. The van der Waals surface area contributed by atoms with E-state index >= 15 is 0 Å². The van der Waals surface area contributed by atoms with Gasteiger partial charge in [-0.3, -0.25) is 0 Å². The number of nitrogens with one attached hydrogen (secondary N) is 2. The lowest BCUT2D eigenvalue weighted by Gasteiger charge is -2.09. The monoisotopic (exact) mass is 314 g/mol. The molecule has 0 fully saturated rings. The van der Waals surface area contributed by atoms with Crippen LogP contribution in [0.15, 0.2) is 18.2 Å². The van der Waals surface area contributed by atoms with Crippen molar-refractivity contribution in [2.24, 2.45) is 0 Å². The van der Waals surface area contributed by atoms with Crippen molar-refractivity contribution in [3.63, 3.8) is 0 Å². The molecule has 0 radical (unpaired) electrons. The van der Waals surface area contributed by atoms with E-state index in [-0.39, 0.29) is 12.6 Å². The summed E-state index contributed by atoms with van der Waals surface area (Å²) in [6.07, 6.45) is 0.527. The van der Waals surface area contributed by atoms with Crippen molar-refractivity contribution in [1.29, 1.82) is 0 Å². The molecule has 0 aliphatic heterocycles. The summed E-state index contributed by atoms with van der Waals surface area (Å²) in [6, 6.07) is 4.46. The Bertz CT molecular complexity index is 494. The van der Waals surface area contributed by atoms with Gasteiger partial charge in [-0.2, -0.15) is 0 Å². The van der Waals surface area contributed by atoms with Gasteiger partial charge in [0.15, 0.2) is 0 Å². The summed E-state index contributed by atoms with van der Waals surface area (Å²) in [6.45, 7) is 3.03. The zero-order valence-corrected chi connectivity index (χ0v) is 12.8. The van der Waals surface area contributed by atoms with E-state index in [0.717, 1.165) is 0 Å². The van der Waals surface area contributed by atoms with Crippen molar-refractivity contribution in [2.75, 3.05) is 26.8 Å². The number of methoxy groups -OCH3 is 1. The van der Waals surface area contributed by atoms with Gasteiger partial charge >= 0.3 is 12.0 Å². The van der Waals surface area contributed by atoms with Crippen molar-refractivity contribution >= 4 is 23.6 Å². The van der Waals surface area contributed by atoms with Gasteiger partial charge in [0.1, 0.15) is 11.3 Å². The van der Waals surface area contributed by atoms with E-state index in [1.807, 2.05) is 6.92 Å². The zero-order chi connectivity index (χ0) is 15.7. The minimum Gasteiger partial charge on any atom is -0.496 e. The van der Waals surface area contributed by atoms with Crippen LogP contribution in [0.4, 0.5) is 4.79 Å². The van der Waals surface area contributed by atoms with Crippen molar-refractivity contribution in [1.82, 2.24) is 10.6 Å². The number of carbonyl (C=O) groups is 2. The minimum atomic E-state index is -0.485. The first-order valence-electron chi connectivity index (χ1n) is 6.60. The Kier molecular flexibility index (Phi) is 7.39. The molecule has 21 heavy (non-hydrogen) atoms. The molecule has 0 aliphatic carbocycles. The van der Waals surface area contributed by atoms with Crippen molar-refractivity contribution in [3.05, 3.63) is 28.8 Å². The highest BCUT2D eigenvalue weighted by atomic mass is 35.5. The van der Waals surface area contributed by atoms with E-state index in [0.29, 0.717) is 35.8 Å². The normalized spacial score (nSPS) is 9.86. The molecule has 7 heteroatoms. The molecule has 1 aromatic carbocycles. The van der Waals surface area contributed by atoms with Crippen molar-refractivity contribution < 1.29 is 19.1 Å². The maximum atomic E-state index is 11.9. The van der Waals surface area contributed by atoms with Gasteiger partial charge in [-0.05, 0) is 31.5 Å². The number of hydrogen-bond donors (Lipinski definition) is 2. The summed E-state index contributed by atoms with van der Waals surface area (Å²) in [7, 11) is 1.46. The number of ether oxygens (including phenoxy) is 2. The second-order valence-corrected chi connectivity index (χ2v) is 4.56. The largest absolute Gasteiger partial charge is 0.496 e. The van der Waals surface area contributed by atoms with Gasteiger partial charge in [0.2, 0.25) is 0 Å². The number of halogens is 1. The fourth-order valence-electron chi connectivity index (χ4n) is 1.57. The number of hydrogen-bond acceptors (Lipinski definition) is 4. The summed E-state index contributed by atoms with van der Waals surface area (Å²) in [4.78, 5) is 23.0. The summed E-state index contributed by atoms with van der Waals surface area (Å²) in [5, 5.41) is 5.73. The van der Waals surface area contributed by atoms with E-state index in [1.165, 1.54) is 7.11 Å². The standard InChI is InChI=1S/C14H19ClN2O4/c1-3-16-14(19)17-7-4-8-21-13(18)11-6-5-10(15)9-12(11)20-2/h5-6,9H,3-4,7-8H2,1-2H3,(H2,16,17,19).